The van der Waals surface area contributed by atoms with Gasteiger partial charge in [0.15, 0.2) is 0 Å². The highest BCUT2D eigenvalue weighted by molar-refractivity contribution is 5.75. The second kappa shape index (κ2) is 6.28. The molecule has 0 N–H and O–H groups in total. The molecule has 1 aromatic rings. The van der Waals surface area contributed by atoms with Crippen LogP contribution in [0.1, 0.15) is 17.3 Å². The molecule has 88 valence electrons. The van der Waals surface area contributed by atoms with Crippen molar-refractivity contribution in [1.29, 1.82) is 0 Å². The average Bonchev–Trinajstić information content (AvgIpc) is 2.30. The van der Waals surface area contributed by atoms with Crippen LogP contribution in [0.3, 0.4) is 0 Å². The molecular weight excluding hydrogens is 200 g/mol. The Morgan fingerprint density at radius 1 is 1.12 bits per heavy atom. The van der Waals surface area contributed by atoms with Crippen molar-refractivity contribution in [1.82, 2.24) is 4.90 Å². The molecule has 0 bridgehead atoms. The molecule has 0 fully saturated rings. The van der Waals surface area contributed by atoms with Crippen LogP contribution < -0.4 is 4.90 Å². The molecule has 0 spiro atoms. The summed E-state index contributed by atoms with van der Waals surface area (Å²) < 4.78 is 0. The maximum absolute atomic E-state index is 10.6. The van der Waals surface area contributed by atoms with E-state index in [4.69, 9.17) is 0 Å². The van der Waals surface area contributed by atoms with Crippen molar-refractivity contribution in [2.75, 3.05) is 38.6 Å². The number of anilines is 1. The van der Waals surface area contributed by atoms with Crippen LogP contribution in [-0.2, 0) is 0 Å². The highest BCUT2D eigenvalue weighted by Gasteiger charge is 2.04. The van der Waals surface area contributed by atoms with E-state index in [1.54, 1.807) is 0 Å². The van der Waals surface area contributed by atoms with Gasteiger partial charge >= 0.3 is 0 Å². The fourth-order valence-corrected chi connectivity index (χ4v) is 1.55. The van der Waals surface area contributed by atoms with Gasteiger partial charge in [0.05, 0.1) is 0 Å². The Balaban J connectivity index is 2.66. The molecule has 3 nitrogen and oxygen atoms in total. The Kier molecular flexibility index (Phi) is 4.99. The van der Waals surface area contributed by atoms with E-state index in [1.807, 2.05) is 24.3 Å². The molecule has 0 saturated heterocycles. The van der Waals surface area contributed by atoms with E-state index >= 15 is 0 Å². The molecule has 0 atom stereocenters. The minimum atomic E-state index is 0.729. The number of aldehydes is 1. The number of likely N-dealkylation sites (N-methyl/N-ethyl adjacent to an activating group) is 2. The van der Waals surface area contributed by atoms with Crippen LogP contribution in [0.2, 0.25) is 0 Å². The fraction of sp³-hybridized carbons (Fsp3) is 0.462. The summed E-state index contributed by atoms with van der Waals surface area (Å²) in [7, 11) is 4.15. The largest absolute Gasteiger partial charge is 0.371 e. The molecule has 0 radical (unpaired) electrons. The van der Waals surface area contributed by atoms with E-state index in [0.717, 1.165) is 31.5 Å². The SMILES string of the molecule is CCN(CCN(C)C)c1ccc(C=O)cc1. The first-order chi connectivity index (χ1) is 7.67. The summed E-state index contributed by atoms with van der Waals surface area (Å²) >= 11 is 0. The average molecular weight is 220 g/mol. The van der Waals surface area contributed by atoms with Crippen LogP contribution >= 0.6 is 0 Å². The lowest BCUT2D eigenvalue weighted by Crippen LogP contribution is -2.31. The lowest BCUT2D eigenvalue weighted by atomic mass is 10.2. The standard InChI is InChI=1S/C13H20N2O/c1-4-15(10-9-14(2)3)13-7-5-12(11-16)6-8-13/h5-8,11H,4,9-10H2,1-3H3. The second-order valence-electron chi connectivity index (χ2n) is 4.09. The summed E-state index contributed by atoms with van der Waals surface area (Å²) in [5, 5.41) is 0. The summed E-state index contributed by atoms with van der Waals surface area (Å²) in [5.41, 5.74) is 1.90. The Hall–Kier alpha value is -1.35. The third kappa shape index (κ3) is 3.66. The van der Waals surface area contributed by atoms with Gasteiger partial charge in [-0.2, -0.15) is 0 Å². The lowest BCUT2D eigenvalue weighted by Gasteiger charge is -2.24. The van der Waals surface area contributed by atoms with Crippen LogP contribution in [0.4, 0.5) is 5.69 Å². The Morgan fingerprint density at radius 3 is 2.19 bits per heavy atom. The van der Waals surface area contributed by atoms with Gasteiger partial charge in [-0.3, -0.25) is 4.79 Å². The third-order valence-corrected chi connectivity index (χ3v) is 2.59. The van der Waals surface area contributed by atoms with Crippen molar-refractivity contribution in [3.63, 3.8) is 0 Å². The van der Waals surface area contributed by atoms with Crippen LogP contribution in [-0.4, -0.2) is 44.9 Å². The highest BCUT2D eigenvalue weighted by atomic mass is 16.1. The van der Waals surface area contributed by atoms with Gasteiger partial charge in [0.2, 0.25) is 0 Å². The van der Waals surface area contributed by atoms with Gasteiger partial charge in [-0.1, -0.05) is 0 Å². The van der Waals surface area contributed by atoms with E-state index in [-0.39, 0.29) is 0 Å². The van der Waals surface area contributed by atoms with E-state index < -0.39 is 0 Å². The molecule has 16 heavy (non-hydrogen) atoms. The number of carbonyl (C=O) groups is 1. The summed E-state index contributed by atoms with van der Waals surface area (Å²) in [4.78, 5) is 15.0. The second-order valence-corrected chi connectivity index (χ2v) is 4.09. The predicted octanol–water partition coefficient (Wildman–Crippen LogP) is 1.89. The Bertz CT molecular complexity index is 319. The molecule has 0 saturated carbocycles. The van der Waals surface area contributed by atoms with Crippen molar-refractivity contribution in [3.05, 3.63) is 29.8 Å². The number of rotatable bonds is 6. The fourth-order valence-electron chi connectivity index (χ4n) is 1.55. The van der Waals surface area contributed by atoms with Gasteiger partial charge in [-0.25, -0.2) is 0 Å². The van der Waals surface area contributed by atoms with Gasteiger partial charge in [-0.15, -0.1) is 0 Å². The van der Waals surface area contributed by atoms with E-state index in [2.05, 4.69) is 30.8 Å². The minimum absolute atomic E-state index is 0.729. The highest BCUT2D eigenvalue weighted by Crippen LogP contribution is 2.14. The molecule has 0 aliphatic carbocycles. The zero-order valence-corrected chi connectivity index (χ0v) is 10.3. The lowest BCUT2D eigenvalue weighted by molar-refractivity contribution is 0.112. The zero-order valence-electron chi connectivity index (χ0n) is 10.3. The first kappa shape index (κ1) is 12.7. The van der Waals surface area contributed by atoms with Crippen LogP contribution in [0, 0.1) is 0 Å². The molecule has 1 rings (SSSR count). The van der Waals surface area contributed by atoms with Gasteiger partial charge in [-0.05, 0) is 45.3 Å². The van der Waals surface area contributed by atoms with Gasteiger partial charge in [0.1, 0.15) is 6.29 Å². The summed E-state index contributed by atoms with van der Waals surface area (Å²) in [6.07, 6.45) is 0.875. The van der Waals surface area contributed by atoms with E-state index in [0.29, 0.717) is 0 Å². The van der Waals surface area contributed by atoms with Crippen molar-refractivity contribution in [2.24, 2.45) is 0 Å². The van der Waals surface area contributed by atoms with Crippen molar-refractivity contribution in [2.45, 2.75) is 6.92 Å². The summed E-state index contributed by atoms with van der Waals surface area (Å²) in [6.45, 7) is 5.16. The first-order valence-corrected chi connectivity index (χ1v) is 5.62. The Morgan fingerprint density at radius 2 is 1.75 bits per heavy atom. The maximum Gasteiger partial charge on any atom is 0.150 e. The number of nitrogens with zero attached hydrogens (tertiary/aromatic N) is 2. The van der Waals surface area contributed by atoms with Crippen LogP contribution in [0.25, 0.3) is 0 Å². The topological polar surface area (TPSA) is 23.6 Å². The van der Waals surface area contributed by atoms with E-state index in [9.17, 15) is 4.79 Å². The number of carbonyl (C=O) groups excluding carboxylic acids is 1. The van der Waals surface area contributed by atoms with Gasteiger partial charge < -0.3 is 9.80 Å². The molecule has 0 aliphatic rings. The quantitative estimate of drug-likeness (QED) is 0.684. The van der Waals surface area contributed by atoms with E-state index in [1.165, 1.54) is 5.69 Å². The number of benzene rings is 1. The molecule has 0 amide bonds. The molecular formula is C13H20N2O. The monoisotopic (exact) mass is 220 g/mol. The molecule has 1 aromatic carbocycles. The first-order valence-electron chi connectivity index (χ1n) is 5.62. The normalized spacial score (nSPS) is 10.5. The molecule has 0 aliphatic heterocycles. The molecule has 0 aromatic heterocycles. The number of hydrogen-bond donors (Lipinski definition) is 0. The van der Waals surface area contributed by atoms with Crippen molar-refractivity contribution in [3.8, 4) is 0 Å². The summed E-state index contributed by atoms with van der Waals surface area (Å²) in [6, 6.07) is 7.73. The third-order valence-electron chi connectivity index (χ3n) is 2.59. The predicted molar refractivity (Wildman–Crippen MR) is 68.3 cm³/mol. The van der Waals surface area contributed by atoms with Gasteiger partial charge in [0, 0.05) is 30.9 Å². The minimum Gasteiger partial charge on any atom is -0.371 e. The van der Waals surface area contributed by atoms with Gasteiger partial charge in [0.25, 0.3) is 0 Å². The van der Waals surface area contributed by atoms with Crippen LogP contribution in [0.5, 0.6) is 0 Å². The zero-order chi connectivity index (χ0) is 12.0. The maximum atomic E-state index is 10.6. The Labute approximate surface area is 97.7 Å². The van der Waals surface area contributed by atoms with Crippen LogP contribution in [0.15, 0.2) is 24.3 Å². The molecule has 3 heteroatoms. The molecule has 0 heterocycles. The number of hydrogen-bond acceptors (Lipinski definition) is 3. The van der Waals surface area contributed by atoms with Crippen molar-refractivity contribution < 1.29 is 4.79 Å². The summed E-state index contributed by atoms with van der Waals surface area (Å²) in [5.74, 6) is 0. The smallest absolute Gasteiger partial charge is 0.150 e. The molecule has 0 unspecified atom stereocenters. The van der Waals surface area contributed by atoms with Crippen molar-refractivity contribution >= 4 is 12.0 Å².